The molecule has 0 saturated carbocycles. The molecule has 4 heteroatoms. The van der Waals surface area contributed by atoms with Gasteiger partial charge in [-0.25, -0.2) is 8.78 Å². The molecular formula is C19H24F2N2. The fraction of sp³-hybridized carbons (Fsp3) is 0.368. The van der Waals surface area contributed by atoms with Gasteiger partial charge < -0.3 is 5.32 Å². The third-order valence-corrected chi connectivity index (χ3v) is 4.00. The Hall–Kier alpha value is -1.78. The number of hydrogen-bond donors (Lipinski definition) is 1. The first-order valence-corrected chi connectivity index (χ1v) is 7.89. The van der Waals surface area contributed by atoms with Gasteiger partial charge in [-0.1, -0.05) is 30.3 Å². The Bertz CT molecular complexity index is 621. The highest BCUT2D eigenvalue weighted by Crippen LogP contribution is 2.13. The summed E-state index contributed by atoms with van der Waals surface area (Å²) in [5, 5.41) is 3.11. The predicted molar refractivity (Wildman–Crippen MR) is 89.9 cm³/mol. The molecule has 0 fully saturated rings. The molecule has 0 aliphatic heterocycles. The summed E-state index contributed by atoms with van der Waals surface area (Å²) >= 11 is 0. The summed E-state index contributed by atoms with van der Waals surface area (Å²) in [7, 11) is 2.09. The molecule has 0 bridgehead atoms. The number of benzene rings is 2. The maximum atomic E-state index is 13.6. The molecule has 2 aromatic rings. The number of rotatable bonds is 7. The Balaban J connectivity index is 1.93. The lowest BCUT2D eigenvalue weighted by atomic mass is 10.1. The molecule has 0 aliphatic carbocycles. The van der Waals surface area contributed by atoms with Crippen molar-refractivity contribution in [3.05, 3.63) is 70.8 Å². The van der Waals surface area contributed by atoms with E-state index in [0.717, 1.165) is 12.1 Å². The Morgan fingerprint density at radius 2 is 1.57 bits per heavy atom. The molecule has 2 rings (SSSR count). The minimum atomic E-state index is -0.509. The highest BCUT2D eigenvalue weighted by atomic mass is 19.1. The van der Waals surface area contributed by atoms with Crippen LogP contribution in [0.1, 0.15) is 30.5 Å². The minimum Gasteiger partial charge on any atom is -0.308 e. The number of hydrogen-bond acceptors (Lipinski definition) is 2. The molecule has 0 radical (unpaired) electrons. The van der Waals surface area contributed by atoms with E-state index in [1.807, 2.05) is 12.1 Å². The van der Waals surface area contributed by atoms with Crippen LogP contribution >= 0.6 is 0 Å². The van der Waals surface area contributed by atoms with E-state index >= 15 is 0 Å². The topological polar surface area (TPSA) is 15.3 Å². The van der Waals surface area contributed by atoms with Gasteiger partial charge in [0, 0.05) is 31.2 Å². The first kappa shape index (κ1) is 17.6. The monoisotopic (exact) mass is 318 g/mol. The van der Waals surface area contributed by atoms with Gasteiger partial charge in [-0.05, 0) is 44.2 Å². The van der Waals surface area contributed by atoms with Gasteiger partial charge in [0.1, 0.15) is 11.6 Å². The van der Waals surface area contributed by atoms with Crippen LogP contribution < -0.4 is 5.32 Å². The third-order valence-electron chi connectivity index (χ3n) is 4.00. The summed E-state index contributed by atoms with van der Waals surface area (Å²) in [6.45, 7) is 5.96. The predicted octanol–water partition coefficient (Wildman–Crippen LogP) is 4.09. The molecule has 23 heavy (non-hydrogen) atoms. The lowest BCUT2D eigenvalue weighted by molar-refractivity contribution is 0.266. The van der Waals surface area contributed by atoms with Gasteiger partial charge in [0.05, 0.1) is 0 Å². The first-order chi connectivity index (χ1) is 11.0. The maximum absolute atomic E-state index is 13.6. The van der Waals surface area contributed by atoms with Crippen molar-refractivity contribution in [2.45, 2.75) is 39.5 Å². The molecule has 0 amide bonds. The fourth-order valence-electron chi connectivity index (χ4n) is 2.34. The number of nitrogens with zero attached hydrogens (tertiary/aromatic N) is 1. The van der Waals surface area contributed by atoms with E-state index in [1.54, 1.807) is 0 Å². The molecule has 2 nitrogen and oxygen atoms in total. The van der Waals surface area contributed by atoms with Crippen LogP contribution in [-0.2, 0) is 19.6 Å². The molecule has 1 N–H and O–H groups in total. The molecule has 2 aromatic carbocycles. The van der Waals surface area contributed by atoms with Gasteiger partial charge in [0.15, 0.2) is 0 Å². The van der Waals surface area contributed by atoms with Gasteiger partial charge in [-0.2, -0.15) is 0 Å². The van der Waals surface area contributed by atoms with E-state index in [9.17, 15) is 8.78 Å². The van der Waals surface area contributed by atoms with Crippen molar-refractivity contribution in [3.63, 3.8) is 0 Å². The molecular weight excluding hydrogens is 294 g/mol. The van der Waals surface area contributed by atoms with Crippen LogP contribution in [0.25, 0.3) is 0 Å². The second-order valence-corrected chi connectivity index (χ2v) is 6.13. The molecule has 0 saturated heterocycles. The Morgan fingerprint density at radius 3 is 2.22 bits per heavy atom. The van der Waals surface area contributed by atoms with E-state index in [-0.39, 0.29) is 12.1 Å². The number of nitrogens with one attached hydrogen (secondary N) is 1. The molecule has 124 valence electrons. The lowest BCUT2D eigenvalue weighted by Gasteiger charge is -2.21. The SMILES string of the molecule is CC(C)N(C)Cc1cccc(CNCc2c(F)cccc2F)c1. The molecule has 0 atom stereocenters. The largest absolute Gasteiger partial charge is 0.308 e. The van der Waals surface area contributed by atoms with Crippen molar-refractivity contribution in [1.82, 2.24) is 10.2 Å². The van der Waals surface area contributed by atoms with Crippen LogP contribution in [-0.4, -0.2) is 18.0 Å². The van der Waals surface area contributed by atoms with Crippen LogP contribution in [0.5, 0.6) is 0 Å². The average molecular weight is 318 g/mol. The zero-order valence-corrected chi connectivity index (χ0v) is 13.9. The average Bonchev–Trinajstić information content (AvgIpc) is 2.50. The van der Waals surface area contributed by atoms with Crippen LogP contribution in [0.3, 0.4) is 0 Å². The van der Waals surface area contributed by atoms with Gasteiger partial charge in [0.2, 0.25) is 0 Å². The molecule has 0 unspecified atom stereocenters. The van der Waals surface area contributed by atoms with E-state index in [2.05, 4.69) is 43.2 Å². The summed E-state index contributed by atoms with van der Waals surface area (Å²) in [4.78, 5) is 2.27. The van der Waals surface area contributed by atoms with Crippen LogP contribution in [0.15, 0.2) is 42.5 Å². The van der Waals surface area contributed by atoms with Gasteiger partial charge in [-0.3, -0.25) is 4.90 Å². The standard InChI is InChI=1S/C19H24F2N2/c1-14(2)23(3)13-16-7-4-6-15(10-16)11-22-12-17-18(20)8-5-9-19(17)21/h4-10,14,22H,11-13H2,1-3H3. The Morgan fingerprint density at radius 1 is 0.957 bits per heavy atom. The van der Waals surface area contributed by atoms with E-state index in [0.29, 0.717) is 12.6 Å². The lowest BCUT2D eigenvalue weighted by Crippen LogP contribution is -2.25. The highest BCUT2D eigenvalue weighted by molar-refractivity contribution is 5.24. The summed E-state index contributed by atoms with van der Waals surface area (Å²) in [6, 6.07) is 12.7. The molecule has 0 spiro atoms. The maximum Gasteiger partial charge on any atom is 0.130 e. The normalized spacial score (nSPS) is 11.4. The highest BCUT2D eigenvalue weighted by Gasteiger charge is 2.08. The second-order valence-electron chi connectivity index (χ2n) is 6.13. The number of halogens is 2. The van der Waals surface area contributed by atoms with Crippen molar-refractivity contribution in [2.24, 2.45) is 0 Å². The molecule has 0 aromatic heterocycles. The van der Waals surface area contributed by atoms with Crippen molar-refractivity contribution in [2.75, 3.05) is 7.05 Å². The Kier molecular flexibility index (Phi) is 6.25. The van der Waals surface area contributed by atoms with Crippen molar-refractivity contribution in [1.29, 1.82) is 0 Å². The van der Waals surface area contributed by atoms with Crippen LogP contribution in [0.2, 0.25) is 0 Å². The van der Waals surface area contributed by atoms with Crippen LogP contribution in [0.4, 0.5) is 8.78 Å². The van der Waals surface area contributed by atoms with E-state index in [4.69, 9.17) is 0 Å². The summed E-state index contributed by atoms with van der Waals surface area (Å²) < 4.78 is 27.1. The summed E-state index contributed by atoms with van der Waals surface area (Å²) in [5.74, 6) is -1.02. The van der Waals surface area contributed by atoms with Crippen molar-refractivity contribution in [3.8, 4) is 0 Å². The zero-order valence-electron chi connectivity index (χ0n) is 13.9. The Labute approximate surface area is 137 Å². The fourth-order valence-corrected chi connectivity index (χ4v) is 2.34. The third kappa shape index (κ3) is 5.12. The van der Waals surface area contributed by atoms with Crippen molar-refractivity contribution >= 4 is 0 Å². The molecule has 0 aliphatic rings. The summed E-state index contributed by atoms with van der Waals surface area (Å²) in [6.07, 6.45) is 0. The smallest absolute Gasteiger partial charge is 0.130 e. The van der Waals surface area contributed by atoms with E-state index in [1.165, 1.54) is 23.8 Å². The van der Waals surface area contributed by atoms with Gasteiger partial charge >= 0.3 is 0 Å². The quantitative estimate of drug-likeness (QED) is 0.827. The van der Waals surface area contributed by atoms with Gasteiger partial charge in [0.25, 0.3) is 0 Å². The first-order valence-electron chi connectivity index (χ1n) is 7.89. The van der Waals surface area contributed by atoms with Gasteiger partial charge in [-0.15, -0.1) is 0 Å². The second kappa shape index (κ2) is 8.18. The zero-order chi connectivity index (χ0) is 16.8. The van der Waals surface area contributed by atoms with Crippen LogP contribution in [0, 0.1) is 11.6 Å². The summed E-state index contributed by atoms with van der Waals surface area (Å²) in [5.41, 5.74) is 2.43. The van der Waals surface area contributed by atoms with E-state index < -0.39 is 11.6 Å². The molecule has 0 heterocycles. The van der Waals surface area contributed by atoms with Crippen molar-refractivity contribution < 1.29 is 8.78 Å². The minimum absolute atomic E-state index is 0.0863.